The van der Waals surface area contributed by atoms with Crippen LogP contribution in [0.5, 0.6) is 11.5 Å². The predicted molar refractivity (Wildman–Crippen MR) is 110 cm³/mol. The van der Waals surface area contributed by atoms with E-state index in [1.165, 1.54) is 5.56 Å². The second-order valence-corrected chi connectivity index (χ2v) is 6.87. The highest BCUT2D eigenvalue weighted by molar-refractivity contribution is 5.92. The summed E-state index contributed by atoms with van der Waals surface area (Å²) in [7, 11) is 1.65. The van der Waals surface area contributed by atoms with Gasteiger partial charge in [-0.2, -0.15) is 0 Å². The largest absolute Gasteiger partial charge is 0.493 e. The smallest absolute Gasteiger partial charge is 0.210 e. The lowest BCUT2D eigenvalue weighted by Crippen LogP contribution is -2.38. The number of ether oxygens (including phenoxy) is 2. The van der Waals surface area contributed by atoms with Gasteiger partial charge >= 0.3 is 0 Å². The molecule has 2 N–H and O–H groups in total. The van der Waals surface area contributed by atoms with Crippen LogP contribution in [0.1, 0.15) is 24.1 Å². The molecule has 6 nitrogen and oxygen atoms in total. The van der Waals surface area contributed by atoms with E-state index < -0.39 is 0 Å². The molecule has 0 radical (unpaired) electrons. The summed E-state index contributed by atoms with van der Waals surface area (Å²) in [5.41, 5.74) is 4.43. The van der Waals surface area contributed by atoms with Gasteiger partial charge in [0.2, 0.25) is 6.41 Å². The van der Waals surface area contributed by atoms with Gasteiger partial charge in [0.1, 0.15) is 0 Å². The SMILES string of the molecule is CCOc1cc2c(cc1OC)CCN(C=O)C2CNc1c[nH]c2ccccc12. The van der Waals surface area contributed by atoms with Crippen molar-refractivity contribution in [3.05, 3.63) is 53.7 Å². The minimum absolute atomic E-state index is 0.0694. The van der Waals surface area contributed by atoms with Crippen molar-refractivity contribution in [3.63, 3.8) is 0 Å². The zero-order chi connectivity index (χ0) is 19.5. The molecule has 0 fully saturated rings. The van der Waals surface area contributed by atoms with Gasteiger partial charge in [-0.3, -0.25) is 4.79 Å². The Labute approximate surface area is 164 Å². The number of hydrogen-bond acceptors (Lipinski definition) is 4. The monoisotopic (exact) mass is 379 g/mol. The first-order valence-electron chi connectivity index (χ1n) is 9.59. The molecule has 0 saturated heterocycles. The molecule has 0 saturated carbocycles. The summed E-state index contributed by atoms with van der Waals surface area (Å²) in [5, 5.41) is 4.66. The molecular weight excluding hydrogens is 354 g/mol. The molecule has 1 aliphatic heterocycles. The van der Waals surface area contributed by atoms with E-state index in [1.54, 1.807) is 7.11 Å². The molecule has 0 spiro atoms. The molecule has 28 heavy (non-hydrogen) atoms. The maximum atomic E-state index is 11.7. The molecule has 6 heteroatoms. The molecule has 146 valence electrons. The first kappa shape index (κ1) is 18.2. The Kier molecular flexibility index (Phi) is 5.10. The fourth-order valence-corrected chi connectivity index (χ4v) is 3.93. The highest BCUT2D eigenvalue weighted by atomic mass is 16.5. The van der Waals surface area contributed by atoms with Gasteiger partial charge in [0.15, 0.2) is 11.5 Å². The van der Waals surface area contributed by atoms with E-state index >= 15 is 0 Å². The van der Waals surface area contributed by atoms with Crippen LogP contribution >= 0.6 is 0 Å². The fraction of sp³-hybridized carbons (Fsp3) is 0.318. The van der Waals surface area contributed by atoms with Crippen molar-refractivity contribution in [2.24, 2.45) is 0 Å². The van der Waals surface area contributed by atoms with Crippen molar-refractivity contribution in [1.82, 2.24) is 9.88 Å². The first-order valence-corrected chi connectivity index (χ1v) is 9.59. The number of methoxy groups -OCH3 is 1. The predicted octanol–water partition coefficient (Wildman–Crippen LogP) is 3.74. The van der Waals surface area contributed by atoms with E-state index in [4.69, 9.17) is 9.47 Å². The average Bonchev–Trinajstić information content (AvgIpc) is 3.15. The van der Waals surface area contributed by atoms with Gasteiger partial charge in [-0.1, -0.05) is 18.2 Å². The molecule has 2 aromatic carbocycles. The van der Waals surface area contributed by atoms with Crippen LogP contribution < -0.4 is 14.8 Å². The fourth-order valence-electron chi connectivity index (χ4n) is 3.93. The highest BCUT2D eigenvalue weighted by Crippen LogP contribution is 2.38. The number of rotatable bonds is 7. The molecule has 1 amide bonds. The molecule has 1 unspecified atom stereocenters. The molecule has 1 atom stereocenters. The highest BCUT2D eigenvalue weighted by Gasteiger charge is 2.28. The molecular formula is C22H25N3O3. The van der Waals surface area contributed by atoms with Crippen LogP contribution in [0.15, 0.2) is 42.6 Å². The Morgan fingerprint density at radius 2 is 2.14 bits per heavy atom. The number of nitrogens with zero attached hydrogens (tertiary/aromatic N) is 1. The Bertz CT molecular complexity index is 982. The number of aromatic amines is 1. The number of aromatic nitrogens is 1. The van der Waals surface area contributed by atoms with Crippen molar-refractivity contribution in [2.45, 2.75) is 19.4 Å². The van der Waals surface area contributed by atoms with Gasteiger partial charge in [-0.05, 0) is 42.7 Å². The second-order valence-electron chi connectivity index (χ2n) is 6.87. The topological polar surface area (TPSA) is 66.6 Å². The van der Waals surface area contributed by atoms with Crippen LogP contribution in [0.3, 0.4) is 0 Å². The third-order valence-electron chi connectivity index (χ3n) is 5.33. The van der Waals surface area contributed by atoms with Crippen molar-refractivity contribution < 1.29 is 14.3 Å². The van der Waals surface area contributed by atoms with Crippen molar-refractivity contribution >= 4 is 23.0 Å². The summed E-state index contributed by atoms with van der Waals surface area (Å²) >= 11 is 0. The summed E-state index contributed by atoms with van der Waals surface area (Å²) in [6.07, 6.45) is 3.72. The lowest BCUT2D eigenvalue weighted by atomic mass is 9.92. The zero-order valence-corrected chi connectivity index (χ0v) is 16.2. The third kappa shape index (κ3) is 3.26. The number of anilines is 1. The van der Waals surface area contributed by atoms with Gasteiger partial charge in [-0.15, -0.1) is 0 Å². The van der Waals surface area contributed by atoms with Gasteiger partial charge in [-0.25, -0.2) is 0 Å². The molecule has 1 aliphatic rings. The molecule has 3 aromatic rings. The number of nitrogens with one attached hydrogen (secondary N) is 2. The van der Waals surface area contributed by atoms with Crippen LogP contribution in [0, 0.1) is 0 Å². The minimum Gasteiger partial charge on any atom is -0.493 e. The van der Waals surface area contributed by atoms with Crippen LogP contribution in [-0.4, -0.2) is 43.1 Å². The summed E-state index contributed by atoms with van der Waals surface area (Å²) < 4.78 is 11.3. The number of carbonyl (C=O) groups is 1. The molecule has 0 bridgehead atoms. The summed E-state index contributed by atoms with van der Waals surface area (Å²) in [6.45, 7) is 3.82. The van der Waals surface area contributed by atoms with Gasteiger partial charge < -0.3 is 24.7 Å². The zero-order valence-electron chi connectivity index (χ0n) is 16.2. The Morgan fingerprint density at radius 3 is 2.93 bits per heavy atom. The van der Waals surface area contributed by atoms with E-state index in [0.29, 0.717) is 25.4 Å². The molecule has 0 aliphatic carbocycles. The van der Waals surface area contributed by atoms with Crippen LogP contribution in [-0.2, 0) is 11.2 Å². The normalized spacial score (nSPS) is 15.9. The maximum absolute atomic E-state index is 11.7. The van der Waals surface area contributed by atoms with Crippen molar-refractivity contribution in [2.75, 3.05) is 32.1 Å². The average molecular weight is 379 g/mol. The minimum atomic E-state index is -0.0694. The number of H-pyrrole nitrogens is 1. The van der Waals surface area contributed by atoms with E-state index in [2.05, 4.69) is 22.4 Å². The van der Waals surface area contributed by atoms with Gasteiger partial charge in [0, 0.05) is 30.2 Å². The van der Waals surface area contributed by atoms with Crippen molar-refractivity contribution in [3.8, 4) is 11.5 Å². The van der Waals surface area contributed by atoms with Crippen LogP contribution in [0.2, 0.25) is 0 Å². The second kappa shape index (κ2) is 7.84. The van der Waals surface area contributed by atoms with Gasteiger partial charge in [0.05, 0.1) is 25.4 Å². The Balaban J connectivity index is 1.65. The van der Waals surface area contributed by atoms with E-state index in [9.17, 15) is 4.79 Å². The van der Waals surface area contributed by atoms with Gasteiger partial charge in [0.25, 0.3) is 0 Å². The van der Waals surface area contributed by atoms with Crippen LogP contribution in [0.25, 0.3) is 10.9 Å². The summed E-state index contributed by atoms with van der Waals surface area (Å²) in [6, 6.07) is 12.2. The standard InChI is InChI=1S/C22H25N3O3/c1-3-28-22-11-17-15(10-21(22)27-2)8-9-25(14-26)20(17)13-24-19-12-23-18-7-5-4-6-16(18)19/h4-7,10-12,14,20,23-24H,3,8-9,13H2,1-2H3. The van der Waals surface area contributed by atoms with Crippen LogP contribution in [0.4, 0.5) is 5.69 Å². The Morgan fingerprint density at radius 1 is 1.29 bits per heavy atom. The van der Waals surface area contributed by atoms with Crippen molar-refractivity contribution in [1.29, 1.82) is 0 Å². The number of carbonyl (C=O) groups excluding carboxylic acids is 1. The molecule has 2 heterocycles. The lowest BCUT2D eigenvalue weighted by molar-refractivity contribution is -0.120. The first-order chi connectivity index (χ1) is 13.7. The lowest BCUT2D eigenvalue weighted by Gasteiger charge is -2.35. The number of para-hydroxylation sites is 1. The maximum Gasteiger partial charge on any atom is 0.210 e. The number of amides is 1. The Hall–Kier alpha value is -3.15. The number of hydrogen-bond donors (Lipinski definition) is 2. The summed E-state index contributed by atoms with van der Waals surface area (Å²) in [5.74, 6) is 1.46. The number of benzene rings is 2. The third-order valence-corrected chi connectivity index (χ3v) is 5.33. The quantitative estimate of drug-likeness (QED) is 0.614. The molecule has 4 rings (SSSR count). The van der Waals surface area contributed by atoms with E-state index in [0.717, 1.165) is 40.7 Å². The van der Waals surface area contributed by atoms with E-state index in [-0.39, 0.29) is 6.04 Å². The van der Waals surface area contributed by atoms with E-state index in [1.807, 2.05) is 42.3 Å². The molecule has 1 aromatic heterocycles. The number of fused-ring (bicyclic) bond motifs is 2. The summed E-state index contributed by atoms with van der Waals surface area (Å²) in [4.78, 5) is 16.9.